The molecule has 0 saturated heterocycles. The van der Waals surface area contributed by atoms with Crippen molar-refractivity contribution in [1.29, 1.82) is 0 Å². The van der Waals surface area contributed by atoms with Gasteiger partial charge in [-0.15, -0.1) is 11.3 Å². The molecule has 0 radical (unpaired) electrons. The standard InChI is InChI=1S/C17H23NS/c1-14-6-3-4-7-16(14)12-15(13-18-2)9-10-17-8-5-11-19-17/h3-8,11,15,18H,9-10,12-13H2,1-2H3. The first-order valence-corrected chi connectivity index (χ1v) is 7.89. The summed E-state index contributed by atoms with van der Waals surface area (Å²) >= 11 is 1.87. The van der Waals surface area contributed by atoms with Crippen LogP contribution in [0, 0.1) is 12.8 Å². The van der Waals surface area contributed by atoms with Crippen LogP contribution < -0.4 is 5.32 Å². The van der Waals surface area contributed by atoms with E-state index in [0.717, 1.165) is 6.54 Å². The van der Waals surface area contributed by atoms with Crippen molar-refractivity contribution in [2.45, 2.75) is 26.2 Å². The van der Waals surface area contributed by atoms with E-state index in [0.29, 0.717) is 5.92 Å². The summed E-state index contributed by atoms with van der Waals surface area (Å²) in [6.07, 6.45) is 3.64. The third-order valence-corrected chi connectivity index (χ3v) is 4.58. The third-order valence-electron chi connectivity index (χ3n) is 3.64. The summed E-state index contributed by atoms with van der Waals surface area (Å²) in [7, 11) is 2.05. The molecule has 1 aromatic carbocycles. The highest BCUT2D eigenvalue weighted by atomic mass is 32.1. The molecule has 0 fully saturated rings. The first-order valence-electron chi connectivity index (χ1n) is 7.01. The predicted molar refractivity (Wildman–Crippen MR) is 84.9 cm³/mol. The van der Waals surface area contributed by atoms with Crippen LogP contribution in [0.25, 0.3) is 0 Å². The Morgan fingerprint density at radius 2 is 2.00 bits per heavy atom. The van der Waals surface area contributed by atoms with Crippen LogP contribution in [-0.4, -0.2) is 13.6 Å². The van der Waals surface area contributed by atoms with Crippen molar-refractivity contribution in [2.75, 3.05) is 13.6 Å². The number of rotatable bonds is 7. The average molecular weight is 273 g/mol. The molecule has 1 nitrogen and oxygen atoms in total. The van der Waals surface area contributed by atoms with Gasteiger partial charge in [0.1, 0.15) is 0 Å². The van der Waals surface area contributed by atoms with Gasteiger partial charge in [0.25, 0.3) is 0 Å². The monoisotopic (exact) mass is 273 g/mol. The molecule has 1 heterocycles. The van der Waals surface area contributed by atoms with Gasteiger partial charge in [-0.2, -0.15) is 0 Å². The molecule has 0 aliphatic carbocycles. The molecule has 0 spiro atoms. The lowest BCUT2D eigenvalue weighted by atomic mass is 9.92. The van der Waals surface area contributed by atoms with Crippen LogP contribution in [0.3, 0.4) is 0 Å². The van der Waals surface area contributed by atoms with Crippen LogP contribution in [0.1, 0.15) is 22.4 Å². The van der Waals surface area contributed by atoms with Gasteiger partial charge < -0.3 is 5.32 Å². The van der Waals surface area contributed by atoms with E-state index in [2.05, 4.69) is 61.1 Å². The van der Waals surface area contributed by atoms with E-state index < -0.39 is 0 Å². The molecule has 19 heavy (non-hydrogen) atoms. The molecule has 2 rings (SSSR count). The molecule has 0 aliphatic rings. The van der Waals surface area contributed by atoms with Crippen molar-refractivity contribution in [3.05, 3.63) is 57.8 Å². The van der Waals surface area contributed by atoms with Gasteiger partial charge in [0.05, 0.1) is 0 Å². The van der Waals surface area contributed by atoms with E-state index in [1.54, 1.807) is 0 Å². The molecular formula is C17H23NS. The fraction of sp³-hybridized carbons (Fsp3) is 0.412. The van der Waals surface area contributed by atoms with Crippen molar-refractivity contribution >= 4 is 11.3 Å². The molecule has 1 aromatic heterocycles. The molecular weight excluding hydrogens is 250 g/mol. The number of hydrogen-bond acceptors (Lipinski definition) is 2. The number of aryl methyl sites for hydroxylation is 2. The second kappa shape index (κ2) is 7.46. The average Bonchev–Trinajstić information content (AvgIpc) is 2.92. The number of hydrogen-bond donors (Lipinski definition) is 1. The van der Waals surface area contributed by atoms with E-state index in [4.69, 9.17) is 0 Å². The highest BCUT2D eigenvalue weighted by Crippen LogP contribution is 2.19. The van der Waals surface area contributed by atoms with Crippen molar-refractivity contribution in [1.82, 2.24) is 5.32 Å². The van der Waals surface area contributed by atoms with Gasteiger partial charge in [-0.1, -0.05) is 30.3 Å². The van der Waals surface area contributed by atoms with Crippen LogP contribution in [0.15, 0.2) is 41.8 Å². The minimum atomic E-state index is 0.716. The van der Waals surface area contributed by atoms with Gasteiger partial charge in [0, 0.05) is 4.88 Å². The Balaban J connectivity index is 1.94. The first-order chi connectivity index (χ1) is 9.29. The molecule has 0 saturated carbocycles. The SMILES string of the molecule is CNCC(CCc1cccs1)Cc1ccccc1C. The summed E-state index contributed by atoms with van der Waals surface area (Å²) in [5.74, 6) is 0.716. The zero-order valence-corrected chi connectivity index (χ0v) is 12.7. The van der Waals surface area contributed by atoms with Crippen LogP contribution in [0.2, 0.25) is 0 Å². The van der Waals surface area contributed by atoms with Gasteiger partial charge in [-0.05, 0) is 68.3 Å². The predicted octanol–water partition coefficient (Wildman–Crippen LogP) is 4.07. The van der Waals surface area contributed by atoms with E-state index in [-0.39, 0.29) is 0 Å². The van der Waals surface area contributed by atoms with Gasteiger partial charge in [0.2, 0.25) is 0 Å². The Morgan fingerprint density at radius 1 is 1.16 bits per heavy atom. The summed E-state index contributed by atoms with van der Waals surface area (Å²) in [6.45, 7) is 3.31. The summed E-state index contributed by atoms with van der Waals surface area (Å²) in [5.41, 5.74) is 2.91. The molecule has 0 aliphatic heterocycles. The second-order valence-electron chi connectivity index (χ2n) is 5.17. The summed E-state index contributed by atoms with van der Waals surface area (Å²) < 4.78 is 0. The Kier molecular flexibility index (Phi) is 5.62. The van der Waals surface area contributed by atoms with E-state index in [9.17, 15) is 0 Å². The number of benzene rings is 1. The molecule has 2 heteroatoms. The molecule has 1 unspecified atom stereocenters. The van der Waals surface area contributed by atoms with Crippen molar-refractivity contribution < 1.29 is 0 Å². The van der Waals surface area contributed by atoms with E-state index >= 15 is 0 Å². The molecule has 2 aromatic rings. The van der Waals surface area contributed by atoms with Gasteiger partial charge in [-0.25, -0.2) is 0 Å². The van der Waals surface area contributed by atoms with E-state index in [1.165, 1.54) is 35.3 Å². The van der Waals surface area contributed by atoms with Crippen molar-refractivity contribution in [2.24, 2.45) is 5.92 Å². The third kappa shape index (κ3) is 4.48. The Labute approximate surface area is 120 Å². The summed E-state index contributed by atoms with van der Waals surface area (Å²) in [6, 6.07) is 13.1. The quantitative estimate of drug-likeness (QED) is 0.802. The molecule has 0 bridgehead atoms. The fourth-order valence-corrected chi connectivity index (χ4v) is 3.24. The maximum Gasteiger partial charge on any atom is 0.00453 e. The fourth-order valence-electron chi connectivity index (χ4n) is 2.52. The van der Waals surface area contributed by atoms with Crippen LogP contribution in [0.4, 0.5) is 0 Å². The highest BCUT2D eigenvalue weighted by Gasteiger charge is 2.11. The van der Waals surface area contributed by atoms with Crippen LogP contribution in [-0.2, 0) is 12.8 Å². The Hall–Kier alpha value is -1.12. The van der Waals surface area contributed by atoms with Gasteiger partial charge in [0.15, 0.2) is 0 Å². The highest BCUT2D eigenvalue weighted by molar-refractivity contribution is 7.09. The number of thiophene rings is 1. The normalized spacial score (nSPS) is 12.5. The Morgan fingerprint density at radius 3 is 2.68 bits per heavy atom. The summed E-state index contributed by atoms with van der Waals surface area (Å²) in [4.78, 5) is 1.51. The maximum absolute atomic E-state index is 3.34. The Bertz CT molecular complexity index is 476. The maximum atomic E-state index is 3.34. The zero-order valence-electron chi connectivity index (χ0n) is 11.9. The second-order valence-corrected chi connectivity index (χ2v) is 6.20. The van der Waals surface area contributed by atoms with Gasteiger partial charge in [-0.3, -0.25) is 0 Å². The largest absolute Gasteiger partial charge is 0.319 e. The van der Waals surface area contributed by atoms with Crippen LogP contribution in [0.5, 0.6) is 0 Å². The lowest BCUT2D eigenvalue weighted by molar-refractivity contribution is 0.462. The molecule has 1 N–H and O–H groups in total. The minimum Gasteiger partial charge on any atom is -0.319 e. The van der Waals surface area contributed by atoms with E-state index in [1.807, 2.05) is 11.3 Å². The zero-order chi connectivity index (χ0) is 13.5. The lowest BCUT2D eigenvalue weighted by Gasteiger charge is -2.17. The molecule has 0 amide bonds. The number of nitrogens with one attached hydrogen (secondary N) is 1. The smallest absolute Gasteiger partial charge is 0.00453 e. The van der Waals surface area contributed by atoms with Crippen molar-refractivity contribution in [3.8, 4) is 0 Å². The lowest BCUT2D eigenvalue weighted by Crippen LogP contribution is -2.21. The van der Waals surface area contributed by atoms with Crippen LogP contribution >= 0.6 is 11.3 Å². The summed E-state index contributed by atoms with van der Waals surface area (Å²) in [5, 5.41) is 5.51. The van der Waals surface area contributed by atoms with Crippen molar-refractivity contribution in [3.63, 3.8) is 0 Å². The topological polar surface area (TPSA) is 12.0 Å². The molecule has 1 atom stereocenters. The first kappa shape index (κ1) is 14.3. The minimum absolute atomic E-state index is 0.716. The van der Waals surface area contributed by atoms with Gasteiger partial charge >= 0.3 is 0 Å². The molecule has 102 valence electrons.